The highest BCUT2D eigenvalue weighted by Gasteiger charge is 2.19. The van der Waals surface area contributed by atoms with Crippen molar-refractivity contribution in [1.29, 1.82) is 0 Å². The van der Waals surface area contributed by atoms with Gasteiger partial charge >= 0.3 is 12.0 Å². The standard InChI is InChI=1S/C12H24N2O3/c1-5-10(6-2)8-14(7-3)12(17)13-9(4)11(15)16/h9-10H,5-8H2,1-4H3,(H,13,17)(H,15,16). The Bertz CT molecular complexity index is 252. The molecule has 0 bridgehead atoms. The zero-order chi connectivity index (χ0) is 13.4. The number of hydrogen-bond donors (Lipinski definition) is 2. The molecule has 1 atom stereocenters. The van der Waals surface area contributed by atoms with Gasteiger partial charge in [-0.3, -0.25) is 4.79 Å². The molecule has 2 N–H and O–H groups in total. The van der Waals surface area contributed by atoms with E-state index in [-0.39, 0.29) is 6.03 Å². The molecule has 0 heterocycles. The second-order valence-corrected chi connectivity index (χ2v) is 4.23. The van der Waals surface area contributed by atoms with Gasteiger partial charge in [-0.05, 0) is 19.8 Å². The summed E-state index contributed by atoms with van der Waals surface area (Å²) >= 11 is 0. The third-order valence-corrected chi connectivity index (χ3v) is 3.01. The van der Waals surface area contributed by atoms with Crippen LogP contribution in [-0.4, -0.2) is 41.1 Å². The van der Waals surface area contributed by atoms with Crippen LogP contribution in [-0.2, 0) is 4.79 Å². The van der Waals surface area contributed by atoms with Gasteiger partial charge in [-0.15, -0.1) is 0 Å². The number of carbonyl (C=O) groups excluding carboxylic acids is 1. The lowest BCUT2D eigenvalue weighted by Crippen LogP contribution is -2.47. The normalized spacial score (nSPS) is 12.3. The smallest absolute Gasteiger partial charge is 0.325 e. The van der Waals surface area contributed by atoms with Crippen molar-refractivity contribution in [2.75, 3.05) is 13.1 Å². The van der Waals surface area contributed by atoms with Gasteiger partial charge < -0.3 is 15.3 Å². The van der Waals surface area contributed by atoms with E-state index in [2.05, 4.69) is 19.2 Å². The van der Waals surface area contributed by atoms with Crippen LogP contribution in [0.3, 0.4) is 0 Å². The average molecular weight is 244 g/mol. The third kappa shape index (κ3) is 5.56. The molecule has 5 nitrogen and oxygen atoms in total. The molecule has 0 aromatic heterocycles. The molecule has 0 aliphatic heterocycles. The number of nitrogens with one attached hydrogen (secondary N) is 1. The van der Waals surface area contributed by atoms with Crippen molar-refractivity contribution in [3.05, 3.63) is 0 Å². The highest BCUT2D eigenvalue weighted by atomic mass is 16.4. The lowest BCUT2D eigenvalue weighted by molar-refractivity contribution is -0.138. The van der Waals surface area contributed by atoms with Crippen LogP contribution in [0.15, 0.2) is 0 Å². The Kier molecular flexibility index (Phi) is 7.34. The fourth-order valence-electron chi connectivity index (χ4n) is 1.55. The van der Waals surface area contributed by atoms with Crippen LogP contribution in [0.25, 0.3) is 0 Å². The second kappa shape index (κ2) is 7.92. The number of aliphatic carboxylic acids is 1. The summed E-state index contributed by atoms with van der Waals surface area (Å²) < 4.78 is 0. The van der Waals surface area contributed by atoms with E-state index < -0.39 is 12.0 Å². The molecule has 0 spiro atoms. The van der Waals surface area contributed by atoms with Crippen molar-refractivity contribution in [3.63, 3.8) is 0 Å². The number of hydrogen-bond acceptors (Lipinski definition) is 2. The summed E-state index contributed by atoms with van der Waals surface area (Å²) in [5.41, 5.74) is 0. The fraction of sp³-hybridized carbons (Fsp3) is 0.833. The number of nitrogens with zero attached hydrogens (tertiary/aromatic N) is 1. The van der Waals surface area contributed by atoms with Crippen molar-refractivity contribution in [2.45, 2.75) is 46.6 Å². The molecule has 0 aromatic carbocycles. The second-order valence-electron chi connectivity index (χ2n) is 4.23. The molecule has 0 aliphatic carbocycles. The zero-order valence-electron chi connectivity index (χ0n) is 11.2. The van der Waals surface area contributed by atoms with E-state index in [1.807, 2.05) is 6.92 Å². The van der Waals surface area contributed by atoms with Crippen LogP contribution in [0.2, 0.25) is 0 Å². The minimum absolute atomic E-state index is 0.297. The molecule has 0 radical (unpaired) electrons. The van der Waals surface area contributed by atoms with Gasteiger partial charge in [0.05, 0.1) is 0 Å². The van der Waals surface area contributed by atoms with Crippen LogP contribution in [0, 0.1) is 5.92 Å². The van der Waals surface area contributed by atoms with Crippen LogP contribution < -0.4 is 5.32 Å². The Morgan fingerprint density at radius 1 is 1.24 bits per heavy atom. The summed E-state index contributed by atoms with van der Waals surface area (Å²) in [6, 6.07) is -1.15. The molecular formula is C12H24N2O3. The Hall–Kier alpha value is -1.26. The molecule has 5 heteroatoms. The van der Waals surface area contributed by atoms with Gasteiger partial charge in [0.25, 0.3) is 0 Å². The summed E-state index contributed by atoms with van der Waals surface area (Å²) in [7, 11) is 0. The van der Waals surface area contributed by atoms with E-state index in [1.54, 1.807) is 4.90 Å². The van der Waals surface area contributed by atoms with Crippen molar-refractivity contribution in [1.82, 2.24) is 10.2 Å². The summed E-state index contributed by atoms with van der Waals surface area (Å²) in [6.07, 6.45) is 2.05. The molecule has 2 amide bonds. The van der Waals surface area contributed by atoms with Gasteiger partial charge in [-0.2, -0.15) is 0 Å². The molecule has 1 unspecified atom stereocenters. The summed E-state index contributed by atoms with van der Waals surface area (Å²) in [5.74, 6) is -0.544. The molecule has 0 saturated heterocycles. The maximum absolute atomic E-state index is 11.8. The van der Waals surface area contributed by atoms with Gasteiger partial charge in [-0.1, -0.05) is 26.7 Å². The first-order valence-electron chi connectivity index (χ1n) is 6.24. The monoisotopic (exact) mass is 244 g/mol. The Morgan fingerprint density at radius 3 is 2.12 bits per heavy atom. The van der Waals surface area contributed by atoms with E-state index >= 15 is 0 Å². The Balaban J connectivity index is 4.35. The van der Waals surface area contributed by atoms with E-state index in [0.717, 1.165) is 12.8 Å². The minimum atomic E-state index is -1.02. The number of carboxylic acid groups (broad SMARTS) is 1. The summed E-state index contributed by atoms with van der Waals surface area (Å²) in [6.45, 7) is 8.83. The zero-order valence-corrected chi connectivity index (χ0v) is 11.2. The van der Waals surface area contributed by atoms with Gasteiger partial charge in [0, 0.05) is 13.1 Å². The van der Waals surface area contributed by atoms with E-state index in [9.17, 15) is 9.59 Å². The average Bonchev–Trinajstić information content (AvgIpc) is 2.30. The van der Waals surface area contributed by atoms with Gasteiger partial charge in [-0.25, -0.2) is 4.79 Å². The fourth-order valence-corrected chi connectivity index (χ4v) is 1.55. The number of carboxylic acids is 1. The first kappa shape index (κ1) is 15.7. The van der Waals surface area contributed by atoms with Crippen LogP contribution in [0.5, 0.6) is 0 Å². The van der Waals surface area contributed by atoms with Gasteiger partial charge in [0.1, 0.15) is 6.04 Å². The highest BCUT2D eigenvalue weighted by molar-refractivity contribution is 5.82. The van der Waals surface area contributed by atoms with E-state index in [1.165, 1.54) is 6.92 Å². The van der Waals surface area contributed by atoms with Crippen molar-refractivity contribution < 1.29 is 14.7 Å². The molecule has 0 aromatic rings. The minimum Gasteiger partial charge on any atom is -0.480 e. The Morgan fingerprint density at radius 2 is 1.76 bits per heavy atom. The quantitative estimate of drug-likeness (QED) is 0.719. The molecule has 0 rings (SSSR count). The number of urea groups is 1. The SMILES string of the molecule is CCC(CC)CN(CC)C(=O)NC(C)C(=O)O. The van der Waals surface area contributed by atoms with Crippen LogP contribution in [0.1, 0.15) is 40.5 Å². The Labute approximate surface area is 103 Å². The van der Waals surface area contributed by atoms with E-state index in [0.29, 0.717) is 19.0 Å². The molecule has 17 heavy (non-hydrogen) atoms. The van der Waals surface area contributed by atoms with Crippen molar-refractivity contribution >= 4 is 12.0 Å². The van der Waals surface area contributed by atoms with Gasteiger partial charge in [0.2, 0.25) is 0 Å². The number of rotatable bonds is 7. The first-order valence-corrected chi connectivity index (χ1v) is 6.24. The van der Waals surface area contributed by atoms with Gasteiger partial charge in [0.15, 0.2) is 0 Å². The lowest BCUT2D eigenvalue weighted by atomic mass is 10.0. The number of carbonyl (C=O) groups is 2. The topological polar surface area (TPSA) is 69.6 Å². The highest BCUT2D eigenvalue weighted by Crippen LogP contribution is 2.09. The maximum atomic E-state index is 11.8. The van der Waals surface area contributed by atoms with Crippen LogP contribution >= 0.6 is 0 Å². The molecule has 0 saturated carbocycles. The first-order chi connectivity index (χ1) is 7.96. The van der Waals surface area contributed by atoms with Crippen molar-refractivity contribution in [2.24, 2.45) is 5.92 Å². The third-order valence-electron chi connectivity index (χ3n) is 3.01. The maximum Gasteiger partial charge on any atom is 0.325 e. The van der Waals surface area contributed by atoms with Crippen LogP contribution in [0.4, 0.5) is 4.79 Å². The summed E-state index contributed by atoms with van der Waals surface area (Å²) in [4.78, 5) is 24.1. The largest absolute Gasteiger partial charge is 0.480 e. The molecular weight excluding hydrogens is 220 g/mol. The molecule has 100 valence electrons. The summed E-state index contributed by atoms with van der Waals surface area (Å²) in [5, 5.41) is 11.2. The molecule has 0 aliphatic rings. The predicted octanol–water partition coefficient (Wildman–Crippen LogP) is 1.93. The lowest BCUT2D eigenvalue weighted by Gasteiger charge is -2.26. The van der Waals surface area contributed by atoms with Crippen molar-refractivity contribution in [3.8, 4) is 0 Å². The number of amides is 2. The van der Waals surface area contributed by atoms with E-state index in [4.69, 9.17) is 5.11 Å². The molecule has 0 fully saturated rings. The predicted molar refractivity (Wildman–Crippen MR) is 66.9 cm³/mol.